The summed E-state index contributed by atoms with van der Waals surface area (Å²) in [5.74, 6) is 0. The van der Waals surface area contributed by atoms with Gasteiger partial charge >= 0.3 is 0 Å². The third kappa shape index (κ3) is 3.36. The first-order valence-electron chi connectivity index (χ1n) is 17.1. The quantitative estimate of drug-likeness (QED) is 0.188. The topological polar surface area (TPSA) is 13.1 Å². The fraction of sp³-hybridized carbons (Fsp3) is 0. The van der Waals surface area contributed by atoms with Crippen LogP contribution >= 0.6 is 11.8 Å². The molecule has 0 atom stereocenters. The molecule has 0 unspecified atom stereocenters. The van der Waals surface area contributed by atoms with E-state index in [-0.39, 0.29) is 0 Å². The molecule has 0 N–H and O–H groups in total. The van der Waals surface area contributed by atoms with Gasteiger partial charge < -0.3 is 14.0 Å². The average Bonchev–Trinajstić information content (AvgIpc) is 3.66. The summed E-state index contributed by atoms with van der Waals surface area (Å²) in [6.45, 7) is 0. The zero-order valence-corrected chi connectivity index (χ0v) is 27.7. The van der Waals surface area contributed by atoms with Crippen molar-refractivity contribution >= 4 is 83.2 Å². The van der Waals surface area contributed by atoms with Gasteiger partial charge in [0.2, 0.25) is 0 Å². The maximum Gasteiger partial charge on any atom is 0.0603 e. The van der Waals surface area contributed by atoms with Gasteiger partial charge in [0.1, 0.15) is 0 Å². The predicted molar refractivity (Wildman–Crippen MR) is 210 cm³/mol. The standard InChI is InChI=1S/C46H27N3S/c1-3-11-29(12-4-1)47-34-17-7-8-20-40(34)50-41-27-31(23-26-35(41)47)49-37-19-10-16-33-32-15-9-18-36-43(32)45-38(48(36)30-13-5-2-6-14-30)24-21-28-22-25-39(49)46(42(28)45)44(33)37/h1-27H. The van der Waals surface area contributed by atoms with Gasteiger partial charge in [-0.1, -0.05) is 96.7 Å². The Bertz CT molecular complexity index is 3060. The molecule has 0 saturated heterocycles. The van der Waals surface area contributed by atoms with E-state index >= 15 is 0 Å². The van der Waals surface area contributed by atoms with Crippen LogP contribution in [0.5, 0.6) is 0 Å². The fourth-order valence-electron chi connectivity index (χ4n) is 8.84. The molecule has 0 amide bonds. The maximum absolute atomic E-state index is 2.50. The molecule has 0 fully saturated rings. The molecule has 2 aliphatic rings. The van der Waals surface area contributed by atoms with Crippen molar-refractivity contribution in [2.45, 2.75) is 9.79 Å². The van der Waals surface area contributed by atoms with Crippen molar-refractivity contribution in [3.8, 4) is 22.5 Å². The van der Waals surface area contributed by atoms with E-state index in [1.807, 2.05) is 11.8 Å². The lowest BCUT2D eigenvalue weighted by molar-refractivity contribution is 1.12. The summed E-state index contributed by atoms with van der Waals surface area (Å²) < 4.78 is 4.95. The third-order valence-electron chi connectivity index (χ3n) is 10.8. The molecule has 8 aromatic carbocycles. The fourth-order valence-corrected chi connectivity index (χ4v) is 9.93. The Kier molecular flexibility index (Phi) is 5.17. The Labute approximate surface area is 292 Å². The summed E-state index contributed by atoms with van der Waals surface area (Å²) in [5, 5.41) is 7.97. The highest BCUT2D eigenvalue weighted by atomic mass is 32.2. The highest BCUT2D eigenvalue weighted by Crippen LogP contribution is 2.54. The Morgan fingerprint density at radius 3 is 1.58 bits per heavy atom. The van der Waals surface area contributed by atoms with Gasteiger partial charge in [-0.15, -0.1) is 0 Å². The molecule has 0 saturated carbocycles. The van der Waals surface area contributed by atoms with Crippen LogP contribution in [0.15, 0.2) is 174 Å². The molecule has 1 aliphatic carbocycles. The maximum atomic E-state index is 2.50. The zero-order valence-electron chi connectivity index (χ0n) is 26.8. The van der Waals surface area contributed by atoms with E-state index in [0.717, 1.165) is 0 Å². The molecule has 3 heterocycles. The van der Waals surface area contributed by atoms with Crippen molar-refractivity contribution < 1.29 is 0 Å². The largest absolute Gasteiger partial charge is 0.309 e. The van der Waals surface area contributed by atoms with Gasteiger partial charge in [-0.25, -0.2) is 0 Å². The molecule has 3 nitrogen and oxygen atoms in total. The van der Waals surface area contributed by atoms with E-state index in [9.17, 15) is 0 Å². The number of aromatic nitrogens is 2. The second-order valence-corrected chi connectivity index (χ2v) is 14.4. The normalized spacial score (nSPS) is 13.1. The van der Waals surface area contributed by atoms with Gasteiger partial charge in [-0.2, -0.15) is 0 Å². The van der Waals surface area contributed by atoms with E-state index in [0.29, 0.717) is 0 Å². The number of para-hydroxylation sites is 3. The number of anilines is 3. The summed E-state index contributed by atoms with van der Waals surface area (Å²) >= 11 is 1.86. The van der Waals surface area contributed by atoms with Crippen molar-refractivity contribution in [3.05, 3.63) is 164 Å². The van der Waals surface area contributed by atoms with Crippen LogP contribution in [0.4, 0.5) is 17.1 Å². The van der Waals surface area contributed by atoms with Crippen molar-refractivity contribution in [3.63, 3.8) is 0 Å². The second-order valence-electron chi connectivity index (χ2n) is 13.3. The summed E-state index contributed by atoms with van der Waals surface area (Å²) in [6.07, 6.45) is 0. The molecular formula is C46H27N3S. The Morgan fingerprint density at radius 2 is 0.900 bits per heavy atom. The molecule has 12 rings (SSSR count). The van der Waals surface area contributed by atoms with Crippen molar-refractivity contribution in [2.75, 3.05) is 4.90 Å². The van der Waals surface area contributed by atoms with Crippen LogP contribution in [-0.2, 0) is 0 Å². The third-order valence-corrected chi connectivity index (χ3v) is 11.9. The van der Waals surface area contributed by atoms with Crippen molar-refractivity contribution in [1.29, 1.82) is 0 Å². The smallest absolute Gasteiger partial charge is 0.0603 e. The Morgan fingerprint density at radius 1 is 0.340 bits per heavy atom. The molecule has 2 aromatic heterocycles. The lowest BCUT2D eigenvalue weighted by Crippen LogP contribution is -2.15. The van der Waals surface area contributed by atoms with Gasteiger partial charge in [0.05, 0.1) is 33.4 Å². The van der Waals surface area contributed by atoms with Gasteiger partial charge in [0, 0.05) is 53.8 Å². The van der Waals surface area contributed by atoms with Gasteiger partial charge in [-0.05, 0) is 95.4 Å². The van der Waals surface area contributed by atoms with Crippen LogP contribution in [0.25, 0.3) is 76.9 Å². The highest BCUT2D eigenvalue weighted by Gasteiger charge is 2.29. The van der Waals surface area contributed by atoms with E-state index in [1.54, 1.807) is 0 Å². The summed E-state index contributed by atoms with van der Waals surface area (Å²) in [6, 6.07) is 60.3. The molecule has 0 bridgehead atoms. The minimum absolute atomic E-state index is 1.17. The average molecular weight is 654 g/mol. The minimum Gasteiger partial charge on any atom is -0.309 e. The Hall–Kier alpha value is -6.23. The van der Waals surface area contributed by atoms with Crippen molar-refractivity contribution in [1.82, 2.24) is 9.13 Å². The minimum atomic E-state index is 1.17. The first kappa shape index (κ1) is 26.7. The molecule has 1 aliphatic heterocycles. The van der Waals surface area contributed by atoms with Crippen LogP contribution in [0.3, 0.4) is 0 Å². The first-order chi connectivity index (χ1) is 24.8. The first-order valence-corrected chi connectivity index (χ1v) is 17.9. The number of hydrogen-bond acceptors (Lipinski definition) is 2. The number of benzene rings is 8. The summed E-state index contributed by atoms with van der Waals surface area (Å²) in [7, 11) is 0. The Balaban J connectivity index is 1.18. The zero-order chi connectivity index (χ0) is 32.5. The number of hydrogen-bond donors (Lipinski definition) is 0. The molecule has 0 radical (unpaired) electrons. The predicted octanol–water partition coefficient (Wildman–Crippen LogP) is 12.9. The van der Waals surface area contributed by atoms with Crippen molar-refractivity contribution in [2.24, 2.45) is 0 Å². The number of nitrogens with zero attached hydrogens (tertiary/aromatic N) is 3. The molecule has 10 aromatic rings. The second kappa shape index (κ2) is 9.69. The molecule has 4 heteroatoms. The van der Waals surface area contributed by atoms with Crippen LogP contribution in [0.2, 0.25) is 0 Å². The molecule has 0 spiro atoms. The monoisotopic (exact) mass is 653 g/mol. The van der Waals surface area contributed by atoms with E-state index in [1.165, 1.54) is 104 Å². The highest BCUT2D eigenvalue weighted by molar-refractivity contribution is 7.99. The summed E-state index contributed by atoms with van der Waals surface area (Å²) in [5.41, 5.74) is 13.5. The molecular weight excluding hydrogens is 627 g/mol. The van der Waals surface area contributed by atoms with Gasteiger partial charge in [0.25, 0.3) is 0 Å². The van der Waals surface area contributed by atoms with Crippen LogP contribution in [0, 0.1) is 0 Å². The number of rotatable bonds is 3. The van der Waals surface area contributed by atoms with E-state index in [2.05, 4.69) is 178 Å². The van der Waals surface area contributed by atoms with Gasteiger partial charge in [-0.3, -0.25) is 0 Å². The van der Waals surface area contributed by atoms with E-state index < -0.39 is 0 Å². The number of fused-ring (bicyclic) bond motifs is 3. The SMILES string of the molecule is c1ccc(N2c3ccccc3Sc3cc(-n4c5cccc6c5c5c7c(ccc8c7c7c-6cccc7n8-c6ccccc6)ccc54)ccc32)cc1. The molecule has 232 valence electrons. The van der Waals surface area contributed by atoms with E-state index in [4.69, 9.17) is 0 Å². The van der Waals surface area contributed by atoms with Crippen LogP contribution in [-0.4, -0.2) is 9.13 Å². The lowest BCUT2D eigenvalue weighted by Gasteiger charge is -2.33. The lowest BCUT2D eigenvalue weighted by atomic mass is 9.98. The van der Waals surface area contributed by atoms with Gasteiger partial charge in [0.15, 0.2) is 0 Å². The van der Waals surface area contributed by atoms with Crippen LogP contribution < -0.4 is 4.90 Å². The summed E-state index contributed by atoms with van der Waals surface area (Å²) in [4.78, 5) is 4.91. The van der Waals surface area contributed by atoms with Crippen LogP contribution in [0.1, 0.15) is 0 Å². The molecule has 50 heavy (non-hydrogen) atoms.